The first-order chi connectivity index (χ1) is 8.61. The summed E-state index contributed by atoms with van der Waals surface area (Å²) in [5, 5.41) is 0. The number of halogens is 1. The summed E-state index contributed by atoms with van der Waals surface area (Å²) >= 11 is 0. The molecular weight excluding hydrogens is 231 g/mol. The van der Waals surface area contributed by atoms with Gasteiger partial charge in [-0.15, -0.1) is 0 Å². The molecule has 1 heterocycles. The highest BCUT2D eigenvalue weighted by atomic mass is 19.1. The number of benzene rings is 1. The molecule has 0 aromatic heterocycles. The van der Waals surface area contributed by atoms with Gasteiger partial charge in [0.15, 0.2) is 0 Å². The van der Waals surface area contributed by atoms with Gasteiger partial charge in [-0.3, -0.25) is 4.79 Å². The van der Waals surface area contributed by atoms with Crippen LogP contribution in [0.3, 0.4) is 0 Å². The van der Waals surface area contributed by atoms with Gasteiger partial charge in [0, 0.05) is 24.7 Å². The van der Waals surface area contributed by atoms with Crippen LogP contribution in [0.1, 0.15) is 31.7 Å². The Morgan fingerprint density at radius 3 is 3.06 bits per heavy atom. The van der Waals surface area contributed by atoms with Crippen LogP contribution in [0.2, 0.25) is 0 Å². The zero-order valence-corrected chi connectivity index (χ0v) is 10.7. The van der Waals surface area contributed by atoms with Crippen molar-refractivity contribution in [2.45, 2.75) is 38.6 Å². The number of hydrogen-bond donors (Lipinski definition) is 1. The Hall–Kier alpha value is -1.42. The average molecular weight is 250 g/mol. The molecule has 1 amide bonds. The summed E-state index contributed by atoms with van der Waals surface area (Å²) in [6, 6.07) is 4.53. The van der Waals surface area contributed by atoms with Crippen LogP contribution in [0.4, 0.5) is 10.1 Å². The molecule has 1 aliphatic heterocycles. The number of nitrogens with zero attached hydrogens (tertiary/aromatic N) is 1. The first-order valence-corrected chi connectivity index (χ1v) is 6.46. The first-order valence-electron chi connectivity index (χ1n) is 6.46. The monoisotopic (exact) mass is 250 g/mol. The van der Waals surface area contributed by atoms with Crippen LogP contribution in [0.5, 0.6) is 0 Å². The molecule has 0 radical (unpaired) electrons. The van der Waals surface area contributed by atoms with Crippen molar-refractivity contribution in [1.29, 1.82) is 0 Å². The molecule has 3 nitrogen and oxygen atoms in total. The number of hydrogen-bond acceptors (Lipinski definition) is 2. The van der Waals surface area contributed by atoms with E-state index in [9.17, 15) is 9.18 Å². The van der Waals surface area contributed by atoms with Gasteiger partial charge in [-0.25, -0.2) is 4.39 Å². The van der Waals surface area contributed by atoms with Gasteiger partial charge in [0.25, 0.3) is 0 Å². The molecule has 0 fully saturated rings. The third-order valence-corrected chi connectivity index (χ3v) is 3.34. The van der Waals surface area contributed by atoms with E-state index < -0.39 is 0 Å². The highest BCUT2D eigenvalue weighted by molar-refractivity contribution is 5.95. The van der Waals surface area contributed by atoms with Crippen molar-refractivity contribution < 1.29 is 9.18 Å². The Morgan fingerprint density at radius 2 is 2.33 bits per heavy atom. The molecule has 0 spiro atoms. The topological polar surface area (TPSA) is 46.3 Å². The van der Waals surface area contributed by atoms with E-state index in [1.807, 2.05) is 6.92 Å². The molecule has 18 heavy (non-hydrogen) atoms. The van der Waals surface area contributed by atoms with Crippen molar-refractivity contribution in [3.8, 4) is 0 Å². The Bertz CT molecular complexity index is 447. The van der Waals surface area contributed by atoms with E-state index in [1.165, 1.54) is 12.1 Å². The van der Waals surface area contributed by atoms with Gasteiger partial charge in [-0.2, -0.15) is 0 Å². The van der Waals surface area contributed by atoms with Gasteiger partial charge in [0.05, 0.1) is 0 Å². The molecule has 0 aliphatic carbocycles. The second kappa shape index (κ2) is 5.48. The van der Waals surface area contributed by atoms with E-state index in [2.05, 4.69) is 0 Å². The van der Waals surface area contributed by atoms with Gasteiger partial charge in [0.1, 0.15) is 5.82 Å². The normalized spacial score (nSPS) is 15.6. The van der Waals surface area contributed by atoms with Crippen LogP contribution in [-0.2, 0) is 11.2 Å². The lowest BCUT2D eigenvalue weighted by atomic mass is 10.1. The predicted molar refractivity (Wildman–Crippen MR) is 70.0 cm³/mol. The van der Waals surface area contributed by atoms with Crippen LogP contribution < -0.4 is 10.6 Å². The summed E-state index contributed by atoms with van der Waals surface area (Å²) in [6.07, 6.45) is 2.95. The Balaban J connectivity index is 2.08. The smallest absolute Gasteiger partial charge is 0.228 e. The molecule has 1 aromatic carbocycles. The summed E-state index contributed by atoms with van der Waals surface area (Å²) in [7, 11) is 0. The van der Waals surface area contributed by atoms with E-state index in [-0.39, 0.29) is 17.8 Å². The van der Waals surface area contributed by atoms with Crippen molar-refractivity contribution in [1.82, 2.24) is 0 Å². The van der Waals surface area contributed by atoms with Gasteiger partial charge in [0.2, 0.25) is 5.91 Å². The third-order valence-electron chi connectivity index (χ3n) is 3.34. The molecule has 1 unspecified atom stereocenters. The van der Waals surface area contributed by atoms with Gasteiger partial charge in [-0.1, -0.05) is 19.4 Å². The summed E-state index contributed by atoms with van der Waals surface area (Å²) in [4.78, 5) is 13.8. The fourth-order valence-corrected chi connectivity index (χ4v) is 2.42. The van der Waals surface area contributed by atoms with E-state index >= 15 is 0 Å². The zero-order chi connectivity index (χ0) is 13.1. The molecule has 1 aliphatic rings. The highest BCUT2D eigenvalue weighted by Crippen LogP contribution is 2.29. The van der Waals surface area contributed by atoms with E-state index in [0.717, 1.165) is 24.8 Å². The van der Waals surface area contributed by atoms with Crippen molar-refractivity contribution in [2.24, 2.45) is 5.73 Å². The maximum atomic E-state index is 13.2. The Morgan fingerprint density at radius 1 is 1.56 bits per heavy atom. The minimum atomic E-state index is -0.300. The van der Waals surface area contributed by atoms with Crippen molar-refractivity contribution in [3.05, 3.63) is 29.6 Å². The minimum Gasteiger partial charge on any atom is -0.327 e. The molecular formula is C14H19FN2O. The van der Waals surface area contributed by atoms with Crippen LogP contribution in [0, 0.1) is 5.82 Å². The fraction of sp³-hybridized carbons (Fsp3) is 0.500. The number of carbonyl (C=O) groups excluding carboxylic acids is 1. The van der Waals surface area contributed by atoms with E-state index in [4.69, 9.17) is 5.73 Å². The standard InChI is InChI=1S/C14H19FN2O/c1-2-3-12(16)9-14(18)17-7-6-10-4-5-11(15)8-13(10)17/h4-5,8,12H,2-3,6-7,9,16H2,1H3. The second-order valence-electron chi connectivity index (χ2n) is 4.82. The van der Waals surface area contributed by atoms with Gasteiger partial charge in [-0.05, 0) is 30.5 Å². The summed E-state index contributed by atoms with van der Waals surface area (Å²) in [6.45, 7) is 2.68. The predicted octanol–water partition coefficient (Wildman–Crippen LogP) is 2.23. The van der Waals surface area contributed by atoms with Crippen molar-refractivity contribution in [3.63, 3.8) is 0 Å². The third kappa shape index (κ3) is 2.70. The molecule has 0 saturated heterocycles. The molecule has 98 valence electrons. The Kier molecular flexibility index (Phi) is 3.97. The molecule has 0 saturated carbocycles. The zero-order valence-electron chi connectivity index (χ0n) is 10.7. The summed E-state index contributed by atoms with van der Waals surface area (Å²) in [5.74, 6) is -0.299. The average Bonchev–Trinajstić information content (AvgIpc) is 2.71. The van der Waals surface area contributed by atoms with Crippen LogP contribution in [0.15, 0.2) is 18.2 Å². The fourth-order valence-electron chi connectivity index (χ4n) is 2.42. The maximum absolute atomic E-state index is 13.2. The summed E-state index contributed by atoms with van der Waals surface area (Å²) < 4.78 is 13.2. The highest BCUT2D eigenvalue weighted by Gasteiger charge is 2.25. The number of rotatable bonds is 4. The van der Waals surface area contributed by atoms with Crippen LogP contribution in [0.25, 0.3) is 0 Å². The lowest BCUT2D eigenvalue weighted by molar-refractivity contribution is -0.118. The molecule has 0 bridgehead atoms. The number of carbonyl (C=O) groups is 1. The molecule has 1 aromatic rings. The molecule has 2 N–H and O–H groups in total. The van der Waals surface area contributed by atoms with Gasteiger partial charge < -0.3 is 10.6 Å². The number of fused-ring (bicyclic) bond motifs is 1. The van der Waals surface area contributed by atoms with Crippen LogP contribution in [-0.4, -0.2) is 18.5 Å². The number of amides is 1. The molecule has 4 heteroatoms. The quantitative estimate of drug-likeness (QED) is 0.890. The minimum absolute atomic E-state index is 0.000278. The van der Waals surface area contributed by atoms with E-state index in [0.29, 0.717) is 18.7 Å². The van der Waals surface area contributed by atoms with E-state index in [1.54, 1.807) is 11.0 Å². The molecule has 2 rings (SSSR count). The van der Waals surface area contributed by atoms with Crippen molar-refractivity contribution in [2.75, 3.05) is 11.4 Å². The number of anilines is 1. The lowest BCUT2D eigenvalue weighted by Gasteiger charge is -2.19. The van der Waals surface area contributed by atoms with Gasteiger partial charge >= 0.3 is 0 Å². The first kappa shape index (κ1) is 13.0. The maximum Gasteiger partial charge on any atom is 0.228 e. The summed E-state index contributed by atoms with van der Waals surface area (Å²) in [5.41, 5.74) is 7.63. The Labute approximate surface area is 107 Å². The van der Waals surface area contributed by atoms with Crippen molar-refractivity contribution >= 4 is 11.6 Å². The van der Waals surface area contributed by atoms with Crippen LogP contribution >= 0.6 is 0 Å². The largest absolute Gasteiger partial charge is 0.327 e. The lowest BCUT2D eigenvalue weighted by Crippen LogP contribution is -2.34. The number of nitrogens with two attached hydrogens (primary N) is 1. The molecule has 1 atom stereocenters. The second-order valence-corrected chi connectivity index (χ2v) is 4.82. The SMILES string of the molecule is CCCC(N)CC(=O)N1CCc2ccc(F)cc21.